The van der Waals surface area contributed by atoms with E-state index in [2.05, 4.69) is 39.4 Å². The predicted octanol–water partition coefficient (Wildman–Crippen LogP) is 3.29. The zero-order valence-electron chi connectivity index (χ0n) is 10.1. The normalized spacial score (nSPS) is 11.4. The molecule has 2 heterocycles. The summed E-state index contributed by atoms with van der Waals surface area (Å²) in [6.07, 6.45) is 1.94. The van der Waals surface area contributed by atoms with E-state index < -0.39 is 0 Å². The molecule has 0 atom stereocenters. The predicted molar refractivity (Wildman–Crippen MR) is 77.8 cm³/mol. The minimum absolute atomic E-state index is 0.721. The Kier molecular flexibility index (Phi) is 1.94. The van der Waals surface area contributed by atoms with Crippen molar-refractivity contribution in [1.82, 2.24) is 15.2 Å². The second kappa shape index (κ2) is 3.62. The monoisotopic (exact) mass is 248 g/mol. The highest BCUT2D eigenvalue weighted by atomic mass is 15.1. The van der Waals surface area contributed by atoms with Crippen LogP contribution in [-0.2, 0) is 0 Å². The van der Waals surface area contributed by atoms with E-state index in [9.17, 15) is 0 Å². The van der Waals surface area contributed by atoms with E-state index in [0.29, 0.717) is 0 Å². The lowest BCUT2D eigenvalue weighted by atomic mass is 10.1. The van der Waals surface area contributed by atoms with Crippen LogP contribution in [0.4, 0.5) is 5.69 Å². The Morgan fingerprint density at radius 2 is 2.00 bits per heavy atom. The number of para-hydroxylation sites is 1. The fraction of sp³-hybridized carbons (Fsp3) is 0. The number of hydrogen-bond acceptors (Lipinski definition) is 2. The third-order valence-electron chi connectivity index (χ3n) is 3.46. The van der Waals surface area contributed by atoms with E-state index in [1.165, 1.54) is 5.39 Å². The highest BCUT2D eigenvalue weighted by molar-refractivity contribution is 6.00. The molecule has 0 amide bonds. The maximum absolute atomic E-state index is 5.95. The van der Waals surface area contributed by atoms with Crippen LogP contribution in [0.2, 0.25) is 0 Å². The molecular formula is C15H12N4. The lowest BCUT2D eigenvalue weighted by molar-refractivity contribution is 1.12. The molecule has 0 saturated carbocycles. The van der Waals surface area contributed by atoms with Crippen LogP contribution in [0, 0.1) is 0 Å². The van der Waals surface area contributed by atoms with Gasteiger partial charge in [0.1, 0.15) is 0 Å². The van der Waals surface area contributed by atoms with E-state index >= 15 is 0 Å². The molecule has 4 rings (SSSR count). The maximum atomic E-state index is 5.95. The number of aromatic amines is 2. The molecule has 4 N–H and O–H groups in total. The quantitative estimate of drug-likeness (QED) is 0.452. The van der Waals surface area contributed by atoms with Crippen LogP contribution < -0.4 is 5.73 Å². The van der Waals surface area contributed by atoms with E-state index in [-0.39, 0.29) is 0 Å². The molecule has 0 aliphatic rings. The van der Waals surface area contributed by atoms with Crippen molar-refractivity contribution in [2.24, 2.45) is 0 Å². The molecule has 2 aromatic heterocycles. The van der Waals surface area contributed by atoms with Crippen LogP contribution >= 0.6 is 0 Å². The van der Waals surface area contributed by atoms with Gasteiger partial charge in [0, 0.05) is 28.0 Å². The molecule has 92 valence electrons. The van der Waals surface area contributed by atoms with Crippen molar-refractivity contribution >= 4 is 27.5 Å². The molecule has 0 aliphatic heterocycles. The van der Waals surface area contributed by atoms with Gasteiger partial charge in [-0.3, -0.25) is 5.10 Å². The Labute approximate surface area is 109 Å². The van der Waals surface area contributed by atoms with Gasteiger partial charge < -0.3 is 10.7 Å². The molecular weight excluding hydrogens is 236 g/mol. The summed E-state index contributed by atoms with van der Waals surface area (Å²) in [5, 5.41) is 9.65. The summed E-state index contributed by atoms with van der Waals surface area (Å²) < 4.78 is 0. The van der Waals surface area contributed by atoms with Crippen molar-refractivity contribution in [2.75, 3.05) is 5.73 Å². The van der Waals surface area contributed by atoms with E-state index in [0.717, 1.165) is 33.4 Å². The Morgan fingerprint density at radius 3 is 2.95 bits per heavy atom. The Morgan fingerprint density at radius 1 is 1.05 bits per heavy atom. The standard InChI is InChI=1S/C15H12N4/c16-12-3-1-2-11-14(18-19-15(11)12)10-4-5-13-9(8-10)6-7-17-13/h1-8,17H,16H2,(H,18,19). The maximum Gasteiger partial charge on any atom is 0.1000 e. The molecule has 0 spiro atoms. The molecule has 0 bridgehead atoms. The summed E-state index contributed by atoms with van der Waals surface area (Å²) in [6, 6.07) is 14.2. The lowest BCUT2D eigenvalue weighted by Crippen LogP contribution is -1.84. The summed E-state index contributed by atoms with van der Waals surface area (Å²) >= 11 is 0. The first-order valence-corrected chi connectivity index (χ1v) is 6.13. The van der Waals surface area contributed by atoms with Gasteiger partial charge in [0.25, 0.3) is 0 Å². The number of benzene rings is 2. The van der Waals surface area contributed by atoms with Crippen LogP contribution in [0.1, 0.15) is 0 Å². The van der Waals surface area contributed by atoms with Crippen LogP contribution in [-0.4, -0.2) is 15.2 Å². The van der Waals surface area contributed by atoms with Crippen molar-refractivity contribution in [2.45, 2.75) is 0 Å². The first-order valence-electron chi connectivity index (χ1n) is 6.13. The van der Waals surface area contributed by atoms with Gasteiger partial charge in [-0.15, -0.1) is 0 Å². The molecule has 4 nitrogen and oxygen atoms in total. The summed E-state index contributed by atoms with van der Waals surface area (Å²) in [5.74, 6) is 0. The number of rotatable bonds is 1. The van der Waals surface area contributed by atoms with Crippen molar-refractivity contribution in [3.05, 3.63) is 48.7 Å². The van der Waals surface area contributed by atoms with Crippen molar-refractivity contribution in [3.8, 4) is 11.3 Å². The number of aromatic nitrogens is 3. The van der Waals surface area contributed by atoms with Gasteiger partial charge in [0.2, 0.25) is 0 Å². The number of H-pyrrole nitrogens is 2. The molecule has 0 saturated heterocycles. The van der Waals surface area contributed by atoms with Crippen molar-refractivity contribution in [1.29, 1.82) is 0 Å². The Bertz CT molecular complexity index is 885. The molecule has 0 unspecified atom stereocenters. The molecule has 0 radical (unpaired) electrons. The largest absolute Gasteiger partial charge is 0.397 e. The summed E-state index contributed by atoms with van der Waals surface area (Å²) in [7, 11) is 0. The topological polar surface area (TPSA) is 70.5 Å². The second-order valence-electron chi connectivity index (χ2n) is 4.62. The number of fused-ring (bicyclic) bond motifs is 2. The number of anilines is 1. The highest BCUT2D eigenvalue weighted by Crippen LogP contribution is 2.30. The molecule has 4 heteroatoms. The van der Waals surface area contributed by atoms with Gasteiger partial charge in [-0.05, 0) is 24.3 Å². The number of hydrogen-bond donors (Lipinski definition) is 3. The van der Waals surface area contributed by atoms with Crippen LogP contribution in [0.3, 0.4) is 0 Å². The molecule has 4 aromatic rings. The lowest BCUT2D eigenvalue weighted by Gasteiger charge is -1.99. The third kappa shape index (κ3) is 1.43. The smallest absolute Gasteiger partial charge is 0.1000 e. The number of nitrogen functional groups attached to an aromatic ring is 1. The van der Waals surface area contributed by atoms with Gasteiger partial charge >= 0.3 is 0 Å². The van der Waals surface area contributed by atoms with Gasteiger partial charge in [0.15, 0.2) is 0 Å². The summed E-state index contributed by atoms with van der Waals surface area (Å²) in [6.45, 7) is 0. The van der Waals surface area contributed by atoms with Crippen LogP contribution in [0.5, 0.6) is 0 Å². The highest BCUT2D eigenvalue weighted by Gasteiger charge is 2.10. The van der Waals surface area contributed by atoms with Gasteiger partial charge in [0.05, 0.1) is 16.9 Å². The zero-order valence-corrected chi connectivity index (χ0v) is 10.1. The molecule has 0 aliphatic carbocycles. The van der Waals surface area contributed by atoms with Gasteiger partial charge in [-0.2, -0.15) is 5.10 Å². The molecule has 19 heavy (non-hydrogen) atoms. The van der Waals surface area contributed by atoms with Gasteiger partial charge in [-0.25, -0.2) is 0 Å². The summed E-state index contributed by atoms with van der Waals surface area (Å²) in [4.78, 5) is 3.19. The molecule has 2 aromatic carbocycles. The van der Waals surface area contributed by atoms with Gasteiger partial charge in [-0.1, -0.05) is 18.2 Å². The Balaban J connectivity index is 2.00. The number of nitrogens with two attached hydrogens (primary N) is 1. The van der Waals surface area contributed by atoms with Crippen LogP contribution in [0.15, 0.2) is 48.7 Å². The number of nitrogens with one attached hydrogen (secondary N) is 2. The minimum atomic E-state index is 0.721. The van der Waals surface area contributed by atoms with Crippen LogP contribution in [0.25, 0.3) is 33.1 Å². The third-order valence-corrected chi connectivity index (χ3v) is 3.46. The summed E-state index contributed by atoms with van der Waals surface area (Å²) in [5.41, 5.74) is 10.7. The SMILES string of the molecule is Nc1cccc2c(-c3ccc4[nH]ccc4c3)n[nH]c12. The second-order valence-corrected chi connectivity index (χ2v) is 4.62. The van der Waals surface area contributed by atoms with E-state index in [1.807, 2.05) is 24.4 Å². The zero-order chi connectivity index (χ0) is 12.8. The first-order chi connectivity index (χ1) is 9.33. The van der Waals surface area contributed by atoms with Crippen molar-refractivity contribution < 1.29 is 0 Å². The van der Waals surface area contributed by atoms with E-state index in [4.69, 9.17) is 5.73 Å². The fourth-order valence-electron chi connectivity index (χ4n) is 2.48. The average Bonchev–Trinajstić information content (AvgIpc) is 3.04. The fourth-order valence-corrected chi connectivity index (χ4v) is 2.48. The first kappa shape index (κ1) is 10.2. The number of nitrogens with zero attached hydrogens (tertiary/aromatic N) is 1. The molecule has 0 fully saturated rings. The minimum Gasteiger partial charge on any atom is -0.397 e. The average molecular weight is 248 g/mol. The van der Waals surface area contributed by atoms with E-state index in [1.54, 1.807) is 0 Å². The van der Waals surface area contributed by atoms with Crippen molar-refractivity contribution in [3.63, 3.8) is 0 Å². The Hall–Kier alpha value is -2.75.